The van der Waals surface area contributed by atoms with Gasteiger partial charge in [0, 0.05) is 11.6 Å². The van der Waals surface area contributed by atoms with Crippen LogP contribution in [0.25, 0.3) is 0 Å². The maximum atomic E-state index is 12.8. The summed E-state index contributed by atoms with van der Waals surface area (Å²) in [5, 5.41) is 10.3. The Morgan fingerprint density at radius 2 is 1.84 bits per heavy atom. The molecule has 0 fully saturated rings. The van der Waals surface area contributed by atoms with Crippen molar-refractivity contribution >= 4 is 32.4 Å². The van der Waals surface area contributed by atoms with Gasteiger partial charge in [-0.15, -0.1) is 10.2 Å². The quantitative estimate of drug-likeness (QED) is 0.494. The highest BCUT2D eigenvalue weighted by atomic mass is 32.2. The summed E-state index contributed by atoms with van der Waals surface area (Å²) >= 11 is 0.798. The number of aryl methyl sites for hydroxylation is 2. The van der Waals surface area contributed by atoms with Crippen molar-refractivity contribution in [3.8, 4) is 5.75 Å². The number of benzene rings is 2. The monoisotopic (exact) mass is 460 g/mol. The van der Waals surface area contributed by atoms with Gasteiger partial charge in [0.1, 0.15) is 5.75 Å². The Balaban J connectivity index is 1.74. The first-order valence-electron chi connectivity index (χ1n) is 9.62. The summed E-state index contributed by atoms with van der Waals surface area (Å²) < 4.78 is 33.4. The van der Waals surface area contributed by atoms with Crippen molar-refractivity contribution in [1.29, 1.82) is 0 Å². The number of nitrogens with zero attached hydrogens (tertiary/aromatic N) is 2. The number of aromatic nitrogens is 2. The number of carbonyl (C=O) groups excluding carboxylic acids is 1. The van der Waals surface area contributed by atoms with Crippen LogP contribution < -0.4 is 14.8 Å². The molecule has 0 radical (unpaired) electrons. The molecule has 0 saturated heterocycles. The van der Waals surface area contributed by atoms with E-state index < -0.39 is 16.1 Å². The van der Waals surface area contributed by atoms with Gasteiger partial charge < -0.3 is 4.74 Å². The van der Waals surface area contributed by atoms with Crippen LogP contribution in [0, 0.1) is 13.8 Å². The van der Waals surface area contributed by atoms with Crippen molar-refractivity contribution in [1.82, 2.24) is 14.9 Å². The van der Waals surface area contributed by atoms with Crippen LogP contribution in [0.4, 0.5) is 5.13 Å². The van der Waals surface area contributed by atoms with E-state index in [4.69, 9.17) is 4.74 Å². The number of hydrogen-bond acceptors (Lipinski definition) is 7. The standard InChI is InChI=1S/C21H24N4O4S2/c1-5-17(16-10-11-18(29-4)14(3)12-16)25-31(27,28)21-24-23-20(30-21)22-19(26)15-8-6-13(2)7-9-15/h6-12,17,25H,5H2,1-4H3,(H,22,23,26)/t17-/m1/s1. The Morgan fingerprint density at radius 1 is 1.13 bits per heavy atom. The SMILES string of the molecule is CC[C@@H](NS(=O)(=O)c1nnc(NC(=O)c2ccc(C)cc2)s1)c1ccc(OC)c(C)c1. The van der Waals surface area contributed by atoms with Gasteiger partial charge in [-0.1, -0.05) is 48.1 Å². The molecule has 0 saturated carbocycles. The Morgan fingerprint density at radius 3 is 2.45 bits per heavy atom. The van der Waals surface area contributed by atoms with E-state index in [0.717, 1.165) is 33.8 Å². The van der Waals surface area contributed by atoms with Gasteiger partial charge in [0.15, 0.2) is 0 Å². The number of ether oxygens (including phenoxy) is 1. The molecule has 1 amide bonds. The van der Waals surface area contributed by atoms with Gasteiger partial charge in [-0.05, 0) is 49.6 Å². The lowest BCUT2D eigenvalue weighted by Gasteiger charge is -2.17. The maximum absolute atomic E-state index is 12.8. The van der Waals surface area contributed by atoms with E-state index in [2.05, 4.69) is 20.2 Å². The molecule has 164 valence electrons. The van der Waals surface area contributed by atoms with Crippen LogP contribution in [0.5, 0.6) is 5.75 Å². The van der Waals surface area contributed by atoms with E-state index in [1.165, 1.54) is 0 Å². The average molecular weight is 461 g/mol. The highest BCUT2D eigenvalue weighted by Crippen LogP contribution is 2.27. The van der Waals surface area contributed by atoms with Crippen molar-refractivity contribution in [3.05, 3.63) is 64.7 Å². The predicted octanol–water partition coefficient (Wildman–Crippen LogP) is 3.85. The van der Waals surface area contributed by atoms with Crippen LogP contribution in [-0.4, -0.2) is 31.6 Å². The van der Waals surface area contributed by atoms with Crippen LogP contribution >= 0.6 is 11.3 Å². The minimum absolute atomic E-state index is 0.110. The molecule has 0 aliphatic heterocycles. The third kappa shape index (κ3) is 5.46. The maximum Gasteiger partial charge on any atom is 0.270 e. The molecule has 1 atom stereocenters. The summed E-state index contributed by atoms with van der Waals surface area (Å²) in [7, 11) is -2.33. The van der Waals surface area contributed by atoms with Crippen molar-refractivity contribution < 1.29 is 17.9 Å². The minimum Gasteiger partial charge on any atom is -0.496 e. The zero-order chi connectivity index (χ0) is 22.6. The predicted molar refractivity (Wildman–Crippen MR) is 120 cm³/mol. The highest BCUT2D eigenvalue weighted by molar-refractivity contribution is 7.91. The number of anilines is 1. The summed E-state index contributed by atoms with van der Waals surface area (Å²) in [6.45, 7) is 5.71. The molecule has 10 heteroatoms. The zero-order valence-corrected chi connectivity index (χ0v) is 19.3. The first-order valence-corrected chi connectivity index (χ1v) is 11.9. The van der Waals surface area contributed by atoms with Gasteiger partial charge in [-0.25, -0.2) is 13.1 Å². The molecule has 31 heavy (non-hydrogen) atoms. The average Bonchev–Trinajstić information content (AvgIpc) is 3.22. The molecular weight excluding hydrogens is 436 g/mol. The Bertz CT molecular complexity index is 1170. The Kier molecular flexibility index (Phi) is 7.04. The van der Waals surface area contributed by atoms with Gasteiger partial charge in [0.05, 0.1) is 7.11 Å². The summed E-state index contributed by atoms with van der Waals surface area (Å²) in [5.41, 5.74) is 3.21. The van der Waals surface area contributed by atoms with Crippen LogP contribution in [0.1, 0.15) is 46.4 Å². The summed E-state index contributed by atoms with van der Waals surface area (Å²) in [6.07, 6.45) is 0.542. The fourth-order valence-electron chi connectivity index (χ4n) is 2.99. The molecule has 1 heterocycles. The van der Waals surface area contributed by atoms with E-state index in [9.17, 15) is 13.2 Å². The number of rotatable bonds is 8. The second-order valence-corrected chi connectivity index (χ2v) is 9.87. The number of hydrogen-bond donors (Lipinski definition) is 2. The largest absolute Gasteiger partial charge is 0.496 e. The van der Waals surface area contributed by atoms with E-state index in [-0.39, 0.29) is 15.4 Å². The van der Waals surface area contributed by atoms with E-state index in [1.807, 2.05) is 51.1 Å². The second-order valence-electron chi connectivity index (χ2n) is 7.00. The van der Waals surface area contributed by atoms with Crippen molar-refractivity contribution in [2.45, 2.75) is 37.6 Å². The highest BCUT2D eigenvalue weighted by Gasteiger charge is 2.25. The molecule has 0 aliphatic carbocycles. The first kappa shape index (κ1) is 22.9. The lowest BCUT2D eigenvalue weighted by atomic mass is 10.0. The minimum atomic E-state index is -3.92. The van der Waals surface area contributed by atoms with Crippen molar-refractivity contribution in [2.75, 3.05) is 12.4 Å². The fraction of sp³-hybridized carbons (Fsp3) is 0.286. The molecule has 2 N–H and O–H groups in total. The van der Waals surface area contributed by atoms with E-state index in [1.54, 1.807) is 19.2 Å². The van der Waals surface area contributed by atoms with E-state index in [0.29, 0.717) is 12.0 Å². The summed E-state index contributed by atoms with van der Waals surface area (Å²) in [4.78, 5) is 12.3. The zero-order valence-electron chi connectivity index (χ0n) is 17.7. The Hall–Kier alpha value is -2.82. The lowest BCUT2D eigenvalue weighted by molar-refractivity contribution is 0.102. The normalized spacial score (nSPS) is 12.4. The summed E-state index contributed by atoms with van der Waals surface area (Å²) in [6, 6.07) is 12.1. The second kappa shape index (κ2) is 9.54. The number of sulfonamides is 1. The number of amides is 1. The third-order valence-corrected chi connectivity index (χ3v) is 7.38. The molecule has 2 aromatic carbocycles. The molecule has 8 nitrogen and oxygen atoms in total. The number of nitrogens with one attached hydrogen (secondary N) is 2. The van der Waals surface area contributed by atoms with Crippen LogP contribution in [0.3, 0.4) is 0 Å². The Labute approximate surface area is 185 Å². The lowest BCUT2D eigenvalue weighted by Crippen LogP contribution is -2.28. The van der Waals surface area contributed by atoms with E-state index >= 15 is 0 Å². The number of methoxy groups -OCH3 is 1. The van der Waals surface area contributed by atoms with Gasteiger partial charge in [0.25, 0.3) is 15.9 Å². The smallest absolute Gasteiger partial charge is 0.270 e. The molecule has 3 rings (SSSR count). The van der Waals surface area contributed by atoms with Gasteiger partial charge >= 0.3 is 0 Å². The third-order valence-electron chi connectivity index (χ3n) is 4.70. The van der Waals surface area contributed by atoms with Gasteiger partial charge in [-0.2, -0.15) is 0 Å². The fourth-order valence-corrected chi connectivity index (χ4v) is 5.21. The molecule has 1 aromatic heterocycles. The molecule has 0 aliphatic rings. The van der Waals surface area contributed by atoms with Crippen molar-refractivity contribution in [3.63, 3.8) is 0 Å². The molecular formula is C21H24N4O4S2. The first-order chi connectivity index (χ1) is 14.7. The van der Waals surface area contributed by atoms with Gasteiger partial charge in [0.2, 0.25) is 9.47 Å². The topological polar surface area (TPSA) is 110 Å². The van der Waals surface area contributed by atoms with Gasteiger partial charge in [-0.3, -0.25) is 10.1 Å². The molecule has 0 unspecified atom stereocenters. The van der Waals surface area contributed by atoms with Crippen LogP contribution in [-0.2, 0) is 10.0 Å². The molecule has 0 bridgehead atoms. The molecule has 3 aromatic rings. The molecule has 0 spiro atoms. The number of carbonyl (C=O) groups is 1. The van der Waals surface area contributed by atoms with Crippen molar-refractivity contribution in [2.24, 2.45) is 0 Å². The summed E-state index contributed by atoms with van der Waals surface area (Å²) in [5.74, 6) is 0.354. The van der Waals surface area contributed by atoms with Crippen LogP contribution in [0.15, 0.2) is 46.8 Å². The van der Waals surface area contributed by atoms with Crippen LogP contribution in [0.2, 0.25) is 0 Å².